The summed E-state index contributed by atoms with van der Waals surface area (Å²) in [4.78, 5) is 0. The smallest absolute Gasteiger partial charge is 0.115 e. The molecule has 16 heavy (non-hydrogen) atoms. The summed E-state index contributed by atoms with van der Waals surface area (Å²) in [5, 5.41) is 12.8. The van der Waals surface area contributed by atoms with E-state index in [1.165, 1.54) is 24.8 Å². The number of phenolic OH excluding ortho intramolecular Hbond substituents is 1. The number of likely N-dealkylation sites (N-methyl/N-ethyl adjacent to an activating group) is 1. The van der Waals surface area contributed by atoms with Crippen LogP contribution in [0.4, 0.5) is 0 Å². The van der Waals surface area contributed by atoms with Gasteiger partial charge in [0.25, 0.3) is 0 Å². The van der Waals surface area contributed by atoms with Crippen molar-refractivity contribution < 1.29 is 5.11 Å². The van der Waals surface area contributed by atoms with E-state index < -0.39 is 0 Å². The second kappa shape index (κ2) is 5.35. The Morgan fingerprint density at radius 3 is 2.50 bits per heavy atom. The molecule has 1 atom stereocenters. The summed E-state index contributed by atoms with van der Waals surface area (Å²) in [6.45, 7) is 3.21. The maximum Gasteiger partial charge on any atom is 0.115 e. The molecule has 0 heterocycles. The fourth-order valence-corrected chi connectivity index (χ4v) is 2.40. The van der Waals surface area contributed by atoms with E-state index in [9.17, 15) is 5.11 Å². The zero-order valence-electron chi connectivity index (χ0n) is 9.95. The van der Waals surface area contributed by atoms with Crippen LogP contribution in [0.3, 0.4) is 0 Å². The number of nitrogens with one attached hydrogen (secondary N) is 1. The van der Waals surface area contributed by atoms with Gasteiger partial charge in [0.15, 0.2) is 0 Å². The van der Waals surface area contributed by atoms with Crippen molar-refractivity contribution in [1.82, 2.24) is 5.32 Å². The molecule has 0 radical (unpaired) electrons. The summed E-state index contributed by atoms with van der Waals surface area (Å²) < 4.78 is 0. The number of benzene rings is 1. The number of hydrogen-bond donors (Lipinski definition) is 2. The highest BCUT2D eigenvalue weighted by Gasteiger charge is 2.26. The van der Waals surface area contributed by atoms with Crippen molar-refractivity contribution in [2.45, 2.75) is 38.6 Å². The van der Waals surface area contributed by atoms with Gasteiger partial charge in [-0.1, -0.05) is 25.5 Å². The van der Waals surface area contributed by atoms with Crippen molar-refractivity contribution in [3.63, 3.8) is 0 Å². The summed E-state index contributed by atoms with van der Waals surface area (Å²) in [7, 11) is 0. The van der Waals surface area contributed by atoms with Gasteiger partial charge in [-0.2, -0.15) is 0 Å². The lowest BCUT2D eigenvalue weighted by Crippen LogP contribution is -2.41. The summed E-state index contributed by atoms with van der Waals surface area (Å²) in [6, 6.07) is 8.22. The van der Waals surface area contributed by atoms with Gasteiger partial charge in [0.1, 0.15) is 5.75 Å². The molecule has 0 saturated heterocycles. The predicted octanol–water partition coefficient (Wildman–Crippen LogP) is 2.71. The number of hydrogen-bond acceptors (Lipinski definition) is 2. The fraction of sp³-hybridized carbons (Fsp3) is 0.571. The van der Waals surface area contributed by atoms with Crippen molar-refractivity contribution >= 4 is 0 Å². The van der Waals surface area contributed by atoms with Crippen LogP contribution in [0.25, 0.3) is 0 Å². The van der Waals surface area contributed by atoms with Gasteiger partial charge in [-0.15, -0.1) is 0 Å². The molecule has 0 amide bonds. The van der Waals surface area contributed by atoms with Gasteiger partial charge in [-0.25, -0.2) is 0 Å². The molecule has 1 aromatic carbocycles. The second-order valence-electron chi connectivity index (χ2n) is 4.73. The normalized spacial score (nSPS) is 18.1. The Balaban J connectivity index is 1.96. The third-order valence-corrected chi connectivity index (χ3v) is 3.58. The van der Waals surface area contributed by atoms with Gasteiger partial charge in [0, 0.05) is 6.04 Å². The summed E-state index contributed by atoms with van der Waals surface area (Å²) >= 11 is 0. The molecule has 1 aliphatic rings. The van der Waals surface area contributed by atoms with Gasteiger partial charge >= 0.3 is 0 Å². The molecule has 1 aliphatic carbocycles. The molecule has 2 nitrogen and oxygen atoms in total. The van der Waals surface area contributed by atoms with Crippen LogP contribution in [0, 0.1) is 5.92 Å². The van der Waals surface area contributed by atoms with Gasteiger partial charge in [0.2, 0.25) is 0 Å². The fourth-order valence-electron chi connectivity index (χ4n) is 2.40. The minimum absolute atomic E-state index is 0.354. The van der Waals surface area contributed by atoms with Crippen LogP contribution in [0.15, 0.2) is 24.3 Å². The molecule has 2 rings (SSSR count). The standard InChI is InChI=1S/C14H21NO/c1-2-15-14(12-4-3-5-12)10-11-6-8-13(16)9-7-11/h6-9,12,14-16H,2-5,10H2,1H3. The maximum absolute atomic E-state index is 9.25. The third kappa shape index (κ3) is 2.76. The molecule has 1 fully saturated rings. The zero-order chi connectivity index (χ0) is 11.4. The highest BCUT2D eigenvalue weighted by Crippen LogP contribution is 2.31. The molecule has 0 bridgehead atoms. The average Bonchev–Trinajstić information content (AvgIpc) is 2.19. The molecule has 1 saturated carbocycles. The van der Waals surface area contributed by atoms with Gasteiger partial charge < -0.3 is 10.4 Å². The lowest BCUT2D eigenvalue weighted by atomic mass is 9.77. The summed E-state index contributed by atoms with van der Waals surface area (Å²) in [6.07, 6.45) is 5.21. The van der Waals surface area contributed by atoms with Crippen LogP contribution < -0.4 is 5.32 Å². The summed E-state index contributed by atoms with van der Waals surface area (Å²) in [5.74, 6) is 1.21. The van der Waals surface area contributed by atoms with E-state index in [1.807, 2.05) is 12.1 Å². The van der Waals surface area contributed by atoms with Crippen molar-refractivity contribution in [3.05, 3.63) is 29.8 Å². The molecule has 0 aromatic heterocycles. The second-order valence-corrected chi connectivity index (χ2v) is 4.73. The van der Waals surface area contributed by atoms with Crippen molar-refractivity contribution in [2.24, 2.45) is 5.92 Å². The third-order valence-electron chi connectivity index (χ3n) is 3.58. The largest absolute Gasteiger partial charge is 0.508 e. The molecule has 2 N–H and O–H groups in total. The van der Waals surface area contributed by atoms with E-state index in [0.29, 0.717) is 11.8 Å². The quantitative estimate of drug-likeness (QED) is 0.798. The number of phenols is 1. The number of rotatable bonds is 5. The topological polar surface area (TPSA) is 32.3 Å². The minimum atomic E-state index is 0.354. The van der Waals surface area contributed by atoms with E-state index in [-0.39, 0.29) is 0 Å². The first kappa shape index (κ1) is 11.5. The van der Waals surface area contributed by atoms with E-state index in [1.54, 1.807) is 12.1 Å². The van der Waals surface area contributed by atoms with Crippen molar-refractivity contribution in [3.8, 4) is 5.75 Å². The highest BCUT2D eigenvalue weighted by molar-refractivity contribution is 5.26. The van der Waals surface area contributed by atoms with Crippen LogP contribution in [-0.2, 0) is 6.42 Å². The molecule has 1 unspecified atom stereocenters. The van der Waals surface area contributed by atoms with E-state index in [4.69, 9.17) is 0 Å². The Hall–Kier alpha value is -1.02. The first-order valence-electron chi connectivity index (χ1n) is 6.31. The van der Waals surface area contributed by atoms with Crippen molar-refractivity contribution in [1.29, 1.82) is 0 Å². The molecule has 0 aliphatic heterocycles. The number of aromatic hydroxyl groups is 1. The van der Waals surface area contributed by atoms with Crippen LogP contribution in [0.5, 0.6) is 5.75 Å². The Bertz CT molecular complexity index is 316. The summed E-state index contributed by atoms with van der Waals surface area (Å²) in [5.41, 5.74) is 1.32. The SMILES string of the molecule is CCNC(Cc1ccc(O)cc1)C1CCC1. The van der Waals surface area contributed by atoms with Crippen LogP contribution in [0.1, 0.15) is 31.7 Å². The van der Waals surface area contributed by atoms with E-state index in [0.717, 1.165) is 18.9 Å². The van der Waals surface area contributed by atoms with Gasteiger partial charge in [-0.05, 0) is 49.4 Å². The average molecular weight is 219 g/mol. The molecular weight excluding hydrogens is 198 g/mol. The molecule has 0 spiro atoms. The molecule has 1 aromatic rings. The van der Waals surface area contributed by atoms with Gasteiger partial charge in [0.05, 0.1) is 0 Å². The lowest BCUT2D eigenvalue weighted by molar-refractivity contribution is 0.229. The van der Waals surface area contributed by atoms with E-state index in [2.05, 4.69) is 12.2 Å². The van der Waals surface area contributed by atoms with Crippen LogP contribution >= 0.6 is 0 Å². The molecule has 88 valence electrons. The lowest BCUT2D eigenvalue weighted by Gasteiger charge is -2.34. The first-order chi connectivity index (χ1) is 7.79. The van der Waals surface area contributed by atoms with Crippen LogP contribution in [0.2, 0.25) is 0 Å². The van der Waals surface area contributed by atoms with Gasteiger partial charge in [-0.3, -0.25) is 0 Å². The maximum atomic E-state index is 9.25. The Kier molecular flexibility index (Phi) is 3.83. The molecule has 2 heteroatoms. The molecular formula is C14H21NO. The van der Waals surface area contributed by atoms with Crippen molar-refractivity contribution in [2.75, 3.05) is 6.54 Å². The Morgan fingerprint density at radius 2 is 2.00 bits per heavy atom. The first-order valence-corrected chi connectivity index (χ1v) is 6.31. The Labute approximate surface area is 97.7 Å². The zero-order valence-corrected chi connectivity index (χ0v) is 9.95. The van der Waals surface area contributed by atoms with Crippen LogP contribution in [-0.4, -0.2) is 17.7 Å². The predicted molar refractivity (Wildman–Crippen MR) is 66.6 cm³/mol. The monoisotopic (exact) mass is 219 g/mol. The van der Waals surface area contributed by atoms with E-state index >= 15 is 0 Å². The minimum Gasteiger partial charge on any atom is -0.508 e. The highest BCUT2D eigenvalue weighted by atomic mass is 16.3. The Morgan fingerprint density at radius 1 is 1.31 bits per heavy atom.